The summed E-state index contributed by atoms with van der Waals surface area (Å²) in [5.74, 6) is -0.181. The van der Waals surface area contributed by atoms with E-state index >= 15 is 0 Å². The standard InChI is InChI=1S/C14H27N3O3/c1-4-14(2,20-3)13(19)17-9-5-6-11(10-17)12(18)16-8-7-15/h11H,4-10,15H2,1-3H3,(H,16,18). The molecular formula is C14H27N3O3. The molecular weight excluding hydrogens is 258 g/mol. The first-order valence-electron chi connectivity index (χ1n) is 7.30. The number of nitrogens with one attached hydrogen (secondary N) is 1. The van der Waals surface area contributed by atoms with Gasteiger partial charge in [-0.15, -0.1) is 0 Å². The van der Waals surface area contributed by atoms with Crippen LogP contribution in [-0.4, -0.2) is 55.6 Å². The van der Waals surface area contributed by atoms with Crippen LogP contribution in [0.15, 0.2) is 0 Å². The van der Waals surface area contributed by atoms with Crippen molar-refractivity contribution in [2.45, 2.75) is 38.7 Å². The quantitative estimate of drug-likeness (QED) is 0.725. The Bertz CT molecular complexity index is 343. The van der Waals surface area contributed by atoms with Crippen LogP contribution in [0.3, 0.4) is 0 Å². The van der Waals surface area contributed by atoms with Crippen LogP contribution in [0.2, 0.25) is 0 Å². The van der Waals surface area contributed by atoms with Crippen molar-refractivity contribution < 1.29 is 14.3 Å². The van der Waals surface area contributed by atoms with Crippen LogP contribution in [0.25, 0.3) is 0 Å². The molecule has 2 amide bonds. The van der Waals surface area contributed by atoms with Gasteiger partial charge in [-0.2, -0.15) is 0 Å². The van der Waals surface area contributed by atoms with Crippen LogP contribution >= 0.6 is 0 Å². The summed E-state index contributed by atoms with van der Waals surface area (Å²) in [6.07, 6.45) is 2.27. The maximum Gasteiger partial charge on any atom is 0.254 e. The van der Waals surface area contributed by atoms with Gasteiger partial charge in [0.1, 0.15) is 5.60 Å². The zero-order chi connectivity index (χ0) is 15.2. The molecule has 0 saturated carbocycles. The molecule has 1 saturated heterocycles. The molecule has 1 aliphatic heterocycles. The number of amides is 2. The third-order valence-electron chi connectivity index (χ3n) is 4.10. The van der Waals surface area contributed by atoms with Gasteiger partial charge in [-0.25, -0.2) is 0 Å². The summed E-state index contributed by atoms with van der Waals surface area (Å²) in [6, 6.07) is 0. The van der Waals surface area contributed by atoms with Gasteiger partial charge < -0.3 is 20.7 Å². The lowest BCUT2D eigenvalue weighted by Crippen LogP contribution is -2.53. The van der Waals surface area contributed by atoms with Gasteiger partial charge in [-0.3, -0.25) is 9.59 Å². The highest BCUT2D eigenvalue weighted by molar-refractivity contribution is 5.86. The number of piperidine rings is 1. The molecule has 1 fully saturated rings. The largest absolute Gasteiger partial charge is 0.369 e. The van der Waals surface area contributed by atoms with Crippen LogP contribution in [0.5, 0.6) is 0 Å². The van der Waals surface area contributed by atoms with E-state index in [4.69, 9.17) is 10.5 Å². The summed E-state index contributed by atoms with van der Waals surface area (Å²) in [6.45, 7) is 5.80. The minimum Gasteiger partial charge on any atom is -0.369 e. The van der Waals surface area contributed by atoms with Gasteiger partial charge in [0, 0.05) is 33.3 Å². The van der Waals surface area contributed by atoms with Gasteiger partial charge in [-0.1, -0.05) is 6.92 Å². The molecule has 20 heavy (non-hydrogen) atoms. The van der Waals surface area contributed by atoms with Crippen molar-refractivity contribution in [3.05, 3.63) is 0 Å². The average molecular weight is 285 g/mol. The second-order valence-electron chi connectivity index (χ2n) is 5.46. The molecule has 1 aliphatic rings. The minimum atomic E-state index is -0.796. The first-order valence-corrected chi connectivity index (χ1v) is 7.30. The van der Waals surface area contributed by atoms with E-state index in [1.807, 2.05) is 6.92 Å². The van der Waals surface area contributed by atoms with E-state index in [2.05, 4.69) is 5.32 Å². The maximum atomic E-state index is 12.5. The molecule has 1 rings (SSSR count). The molecule has 0 radical (unpaired) electrons. The third-order valence-corrected chi connectivity index (χ3v) is 4.10. The zero-order valence-corrected chi connectivity index (χ0v) is 12.8. The normalized spacial score (nSPS) is 22.2. The van der Waals surface area contributed by atoms with Crippen molar-refractivity contribution in [3.63, 3.8) is 0 Å². The summed E-state index contributed by atoms with van der Waals surface area (Å²) in [7, 11) is 1.55. The summed E-state index contributed by atoms with van der Waals surface area (Å²) in [4.78, 5) is 26.2. The molecule has 0 aromatic carbocycles. The molecule has 0 bridgehead atoms. The fourth-order valence-electron chi connectivity index (χ4n) is 2.43. The van der Waals surface area contributed by atoms with Crippen LogP contribution in [0.4, 0.5) is 0 Å². The lowest BCUT2D eigenvalue weighted by atomic mass is 9.94. The predicted octanol–water partition coefficient (Wildman–Crippen LogP) is 0.115. The number of nitrogens with zero attached hydrogens (tertiary/aromatic N) is 1. The Hall–Kier alpha value is -1.14. The summed E-state index contributed by atoms with van der Waals surface area (Å²) >= 11 is 0. The topological polar surface area (TPSA) is 84.7 Å². The van der Waals surface area contributed by atoms with Gasteiger partial charge in [0.25, 0.3) is 5.91 Å². The van der Waals surface area contributed by atoms with Gasteiger partial charge in [0.2, 0.25) is 5.91 Å². The SMILES string of the molecule is CCC(C)(OC)C(=O)N1CCCC(C(=O)NCCN)C1. The Morgan fingerprint density at radius 1 is 1.50 bits per heavy atom. The Balaban J connectivity index is 2.64. The van der Waals surface area contributed by atoms with Gasteiger partial charge in [0.05, 0.1) is 5.92 Å². The van der Waals surface area contributed by atoms with Crippen molar-refractivity contribution in [1.82, 2.24) is 10.2 Å². The molecule has 0 aromatic heterocycles. The molecule has 0 aromatic rings. The fraction of sp³-hybridized carbons (Fsp3) is 0.857. The van der Waals surface area contributed by atoms with Crippen LogP contribution < -0.4 is 11.1 Å². The number of hydrogen-bond donors (Lipinski definition) is 2. The van der Waals surface area contributed by atoms with Gasteiger partial charge in [-0.05, 0) is 26.2 Å². The highest BCUT2D eigenvalue weighted by Crippen LogP contribution is 2.23. The molecule has 6 heteroatoms. The Kier molecular flexibility index (Phi) is 6.42. The number of likely N-dealkylation sites (tertiary alicyclic amines) is 1. The van der Waals surface area contributed by atoms with Gasteiger partial charge >= 0.3 is 0 Å². The second kappa shape index (κ2) is 7.59. The molecule has 6 nitrogen and oxygen atoms in total. The smallest absolute Gasteiger partial charge is 0.254 e. The van der Waals surface area contributed by atoms with Crippen LogP contribution in [-0.2, 0) is 14.3 Å². The van der Waals surface area contributed by atoms with Crippen molar-refractivity contribution in [2.24, 2.45) is 11.7 Å². The molecule has 0 aliphatic carbocycles. The summed E-state index contributed by atoms with van der Waals surface area (Å²) < 4.78 is 5.35. The van der Waals surface area contributed by atoms with Crippen LogP contribution in [0, 0.1) is 5.92 Å². The van der Waals surface area contributed by atoms with Gasteiger partial charge in [0.15, 0.2) is 0 Å². The molecule has 116 valence electrons. The number of hydrogen-bond acceptors (Lipinski definition) is 4. The lowest BCUT2D eigenvalue weighted by Gasteiger charge is -2.37. The number of methoxy groups -OCH3 is 1. The Morgan fingerprint density at radius 3 is 2.75 bits per heavy atom. The number of ether oxygens (including phenoxy) is 1. The molecule has 2 atom stereocenters. The minimum absolute atomic E-state index is 0.0106. The molecule has 3 N–H and O–H groups in total. The highest BCUT2D eigenvalue weighted by Gasteiger charge is 2.38. The zero-order valence-electron chi connectivity index (χ0n) is 12.8. The first-order chi connectivity index (χ1) is 9.48. The van der Waals surface area contributed by atoms with E-state index < -0.39 is 5.60 Å². The van der Waals surface area contributed by atoms with E-state index in [0.717, 1.165) is 12.8 Å². The number of carbonyl (C=O) groups is 2. The fourth-order valence-corrected chi connectivity index (χ4v) is 2.43. The number of carbonyl (C=O) groups excluding carboxylic acids is 2. The van der Waals surface area contributed by atoms with Crippen molar-refractivity contribution >= 4 is 11.8 Å². The molecule has 1 heterocycles. The van der Waals surface area contributed by atoms with E-state index in [1.165, 1.54) is 0 Å². The lowest BCUT2D eigenvalue weighted by molar-refractivity contribution is -0.155. The third kappa shape index (κ3) is 3.93. The molecule has 0 spiro atoms. The van der Waals surface area contributed by atoms with Crippen molar-refractivity contribution in [3.8, 4) is 0 Å². The van der Waals surface area contributed by atoms with E-state index in [9.17, 15) is 9.59 Å². The predicted molar refractivity (Wildman–Crippen MR) is 77.1 cm³/mol. The van der Waals surface area contributed by atoms with E-state index in [-0.39, 0.29) is 17.7 Å². The first kappa shape index (κ1) is 16.9. The Morgan fingerprint density at radius 2 is 2.20 bits per heavy atom. The number of nitrogens with two attached hydrogens (primary N) is 1. The highest BCUT2D eigenvalue weighted by atomic mass is 16.5. The molecule has 2 unspecified atom stereocenters. The van der Waals surface area contributed by atoms with Crippen molar-refractivity contribution in [2.75, 3.05) is 33.3 Å². The second-order valence-corrected chi connectivity index (χ2v) is 5.46. The summed E-state index contributed by atoms with van der Waals surface area (Å²) in [5, 5.41) is 2.80. The van der Waals surface area contributed by atoms with E-state index in [1.54, 1.807) is 18.9 Å². The number of rotatable bonds is 6. The summed E-state index contributed by atoms with van der Waals surface area (Å²) in [5.41, 5.74) is 4.58. The monoisotopic (exact) mass is 285 g/mol. The Labute approximate surface area is 121 Å². The average Bonchev–Trinajstić information content (AvgIpc) is 2.51. The van der Waals surface area contributed by atoms with Crippen LogP contribution in [0.1, 0.15) is 33.1 Å². The van der Waals surface area contributed by atoms with Crippen molar-refractivity contribution in [1.29, 1.82) is 0 Å². The maximum absolute atomic E-state index is 12.5. The van der Waals surface area contributed by atoms with E-state index in [0.29, 0.717) is 32.6 Å².